The van der Waals surface area contributed by atoms with Gasteiger partial charge in [-0.1, -0.05) is 13.0 Å². The number of piperidine rings is 1. The van der Waals surface area contributed by atoms with Crippen molar-refractivity contribution in [2.24, 2.45) is 5.92 Å². The summed E-state index contributed by atoms with van der Waals surface area (Å²) in [4.78, 5) is 17.0. The van der Waals surface area contributed by atoms with Crippen molar-refractivity contribution in [2.45, 2.75) is 32.2 Å². The van der Waals surface area contributed by atoms with Gasteiger partial charge in [0.2, 0.25) is 0 Å². The Morgan fingerprint density at radius 3 is 2.45 bits per heavy atom. The zero-order chi connectivity index (χ0) is 27.0. The van der Waals surface area contributed by atoms with E-state index in [1.54, 1.807) is 11.0 Å². The van der Waals surface area contributed by atoms with Crippen LogP contribution in [0.4, 0.5) is 18.9 Å². The molecule has 3 aromatic rings. The highest BCUT2D eigenvalue weighted by atomic mass is 19.1. The quantitative estimate of drug-likeness (QED) is 0.534. The van der Waals surface area contributed by atoms with Crippen molar-refractivity contribution in [3.63, 3.8) is 0 Å². The number of aromatic nitrogens is 2. The zero-order valence-corrected chi connectivity index (χ0v) is 21.3. The van der Waals surface area contributed by atoms with Crippen molar-refractivity contribution < 1.29 is 18.0 Å². The largest absolute Gasteiger partial charge is 0.371 e. The van der Waals surface area contributed by atoms with Gasteiger partial charge in [-0.25, -0.2) is 17.9 Å². The van der Waals surface area contributed by atoms with E-state index in [0.717, 1.165) is 30.0 Å². The third-order valence-electron chi connectivity index (χ3n) is 7.43. The lowest BCUT2D eigenvalue weighted by molar-refractivity contribution is 0.0691. The maximum Gasteiger partial charge on any atom is 0.274 e. The Morgan fingerprint density at radius 2 is 1.82 bits per heavy atom. The number of hydrogen-bond donors (Lipinski definition) is 1. The average molecular weight is 523 g/mol. The van der Waals surface area contributed by atoms with Crippen LogP contribution in [0.15, 0.2) is 36.4 Å². The molecule has 2 aliphatic rings. The third-order valence-corrected chi connectivity index (χ3v) is 7.43. The van der Waals surface area contributed by atoms with Crippen molar-refractivity contribution in [1.29, 1.82) is 5.26 Å². The number of anilines is 1. The number of hydrogen-bond acceptors (Lipinski definition) is 5. The van der Waals surface area contributed by atoms with Gasteiger partial charge in [-0.15, -0.1) is 0 Å². The number of likely N-dealkylation sites (tertiary alicyclic amines) is 1. The molecule has 38 heavy (non-hydrogen) atoms. The fourth-order valence-corrected chi connectivity index (χ4v) is 5.29. The number of carbonyl (C=O) groups is 1. The van der Waals surface area contributed by atoms with E-state index in [0.29, 0.717) is 37.8 Å². The highest BCUT2D eigenvalue weighted by Gasteiger charge is 2.29. The number of likely N-dealkylation sites (N-methyl/N-ethyl adjacent to an activating group) is 1. The summed E-state index contributed by atoms with van der Waals surface area (Å²) in [6, 6.07) is 9.72. The summed E-state index contributed by atoms with van der Waals surface area (Å²) in [6.07, 6.45) is 2.68. The van der Waals surface area contributed by atoms with E-state index in [4.69, 9.17) is 5.26 Å². The van der Waals surface area contributed by atoms with Crippen LogP contribution < -0.4 is 10.2 Å². The minimum atomic E-state index is -0.842. The predicted octanol–water partition coefficient (Wildman–Crippen LogP) is 4.50. The normalized spacial score (nSPS) is 19.6. The van der Waals surface area contributed by atoms with E-state index in [1.165, 1.54) is 30.3 Å². The Kier molecular flexibility index (Phi) is 7.13. The van der Waals surface area contributed by atoms with Gasteiger partial charge in [0.25, 0.3) is 5.91 Å². The highest BCUT2D eigenvalue weighted by molar-refractivity contribution is 5.94. The first-order valence-corrected chi connectivity index (χ1v) is 12.8. The molecule has 0 radical (unpaired) electrons. The van der Waals surface area contributed by atoms with Crippen molar-refractivity contribution >= 4 is 11.6 Å². The number of rotatable bonds is 5. The highest BCUT2D eigenvalue weighted by Crippen LogP contribution is 2.32. The van der Waals surface area contributed by atoms with Crippen molar-refractivity contribution in [3.8, 4) is 23.0 Å². The van der Waals surface area contributed by atoms with Crippen LogP contribution in [-0.4, -0.2) is 59.9 Å². The van der Waals surface area contributed by atoms with Crippen LogP contribution in [0.25, 0.3) is 16.9 Å². The van der Waals surface area contributed by atoms with Gasteiger partial charge in [0.1, 0.15) is 17.6 Å². The molecule has 1 N–H and O–H groups in total. The number of halogens is 3. The van der Waals surface area contributed by atoms with Crippen LogP contribution in [0.1, 0.15) is 42.2 Å². The number of benzene rings is 2. The molecule has 0 bridgehead atoms. The molecule has 5 rings (SSSR count). The number of carbonyl (C=O) groups excluding carboxylic acids is 1. The topological polar surface area (TPSA) is 77.2 Å². The van der Waals surface area contributed by atoms with Gasteiger partial charge in [0.15, 0.2) is 17.3 Å². The van der Waals surface area contributed by atoms with E-state index >= 15 is 8.78 Å². The molecule has 2 atom stereocenters. The molecule has 10 heteroatoms. The fourth-order valence-electron chi connectivity index (χ4n) is 5.29. The molecule has 3 heterocycles. The Balaban J connectivity index is 1.60. The Labute approximate surface area is 219 Å². The van der Waals surface area contributed by atoms with Gasteiger partial charge >= 0.3 is 0 Å². The molecular weight excluding hydrogens is 493 g/mol. The second-order valence-electron chi connectivity index (χ2n) is 10.1. The summed E-state index contributed by atoms with van der Waals surface area (Å²) in [5.74, 6) is -2.41. The lowest BCUT2D eigenvalue weighted by Gasteiger charge is -2.32. The first-order valence-electron chi connectivity index (χ1n) is 12.8. The first-order chi connectivity index (χ1) is 18.3. The second kappa shape index (κ2) is 10.5. The Morgan fingerprint density at radius 1 is 1.05 bits per heavy atom. The number of nitrogens with one attached hydrogen (secondary N) is 1. The van der Waals surface area contributed by atoms with Gasteiger partial charge in [0, 0.05) is 43.5 Å². The SMILES string of the molecule is CN[C@@H]1CCCN(C(=O)c2cc(-c3ccc(C#N)c(F)c3)n(-c3c(F)cc(N4CC[C@H](C)C4)cc3F)n2)C1. The Bertz CT molecular complexity index is 1390. The molecule has 1 aromatic heterocycles. The molecule has 2 aliphatic heterocycles. The maximum absolute atomic E-state index is 15.6. The van der Waals surface area contributed by atoms with Crippen molar-refractivity contribution in [1.82, 2.24) is 20.0 Å². The minimum Gasteiger partial charge on any atom is -0.371 e. The van der Waals surface area contributed by atoms with Gasteiger partial charge < -0.3 is 15.1 Å². The van der Waals surface area contributed by atoms with Gasteiger partial charge in [0.05, 0.1) is 11.3 Å². The number of amides is 1. The molecule has 7 nitrogen and oxygen atoms in total. The summed E-state index contributed by atoms with van der Waals surface area (Å²) in [6.45, 7) is 4.52. The molecule has 1 amide bonds. The minimum absolute atomic E-state index is 0.00207. The van der Waals surface area contributed by atoms with Crippen LogP contribution in [0.3, 0.4) is 0 Å². The maximum atomic E-state index is 15.6. The van der Waals surface area contributed by atoms with Crippen LogP contribution in [-0.2, 0) is 0 Å². The molecular formula is C28H29F3N6O. The van der Waals surface area contributed by atoms with E-state index in [9.17, 15) is 9.18 Å². The van der Waals surface area contributed by atoms with E-state index in [2.05, 4.69) is 17.3 Å². The van der Waals surface area contributed by atoms with Crippen LogP contribution in [0.5, 0.6) is 0 Å². The first kappa shape index (κ1) is 25.8. The summed E-state index contributed by atoms with van der Waals surface area (Å²) in [5, 5.41) is 16.6. The standard InChI is InChI=1S/C28H29F3N6O/c1-17-7-9-35(15-17)21-11-23(30)27(24(31)12-21)37-26(18-5-6-19(14-32)22(29)10-18)13-25(34-37)28(38)36-8-3-4-20(16-36)33-2/h5-6,10-13,17,20,33H,3-4,7-9,15-16H2,1-2H3/t17-,20+/m0/s1. The van der Waals surface area contributed by atoms with Crippen molar-refractivity contribution in [3.05, 3.63) is 65.1 Å². The number of nitrogens with zero attached hydrogens (tertiary/aromatic N) is 5. The van der Waals surface area contributed by atoms with Crippen LogP contribution in [0, 0.1) is 34.7 Å². The summed E-state index contributed by atoms with van der Waals surface area (Å²) >= 11 is 0. The molecule has 0 unspecified atom stereocenters. The molecule has 2 aromatic carbocycles. The van der Waals surface area contributed by atoms with E-state index in [1.807, 2.05) is 11.9 Å². The van der Waals surface area contributed by atoms with Gasteiger partial charge in [-0.3, -0.25) is 4.79 Å². The van der Waals surface area contributed by atoms with Crippen molar-refractivity contribution in [2.75, 3.05) is 38.1 Å². The molecule has 0 aliphatic carbocycles. The van der Waals surface area contributed by atoms with Gasteiger partial charge in [-0.05, 0) is 62.6 Å². The van der Waals surface area contributed by atoms with E-state index in [-0.39, 0.29) is 34.5 Å². The van der Waals surface area contributed by atoms with Gasteiger partial charge in [-0.2, -0.15) is 10.4 Å². The van der Waals surface area contributed by atoms with E-state index < -0.39 is 23.1 Å². The lowest BCUT2D eigenvalue weighted by Crippen LogP contribution is -2.47. The zero-order valence-electron chi connectivity index (χ0n) is 21.3. The molecule has 2 fully saturated rings. The summed E-state index contributed by atoms with van der Waals surface area (Å²) in [7, 11) is 1.84. The molecule has 2 saturated heterocycles. The Hall–Kier alpha value is -3.84. The van der Waals surface area contributed by atoms with Crippen LogP contribution >= 0.6 is 0 Å². The molecule has 0 spiro atoms. The third kappa shape index (κ3) is 4.86. The lowest BCUT2D eigenvalue weighted by atomic mass is 10.1. The fraction of sp³-hybridized carbons (Fsp3) is 0.393. The number of nitriles is 1. The second-order valence-corrected chi connectivity index (χ2v) is 10.1. The molecule has 198 valence electrons. The summed E-state index contributed by atoms with van der Waals surface area (Å²) in [5.41, 5.74) is 0.192. The van der Waals surface area contributed by atoms with Crippen LogP contribution in [0.2, 0.25) is 0 Å². The average Bonchev–Trinajstić information content (AvgIpc) is 3.54. The summed E-state index contributed by atoms with van der Waals surface area (Å²) < 4.78 is 46.7. The monoisotopic (exact) mass is 522 g/mol. The smallest absolute Gasteiger partial charge is 0.274 e. The predicted molar refractivity (Wildman–Crippen MR) is 138 cm³/mol. The molecule has 0 saturated carbocycles.